The van der Waals surface area contributed by atoms with Gasteiger partial charge in [-0.3, -0.25) is 9.59 Å². The van der Waals surface area contributed by atoms with Gasteiger partial charge in [0.05, 0.1) is 5.56 Å². The number of hydrogen-bond donors (Lipinski definition) is 2. The van der Waals surface area contributed by atoms with Crippen LogP contribution in [0, 0.1) is 12.8 Å². The molecule has 7 heteroatoms. The number of nitrogens with zero attached hydrogens (tertiary/aromatic N) is 2. The minimum absolute atomic E-state index is 0.0469. The van der Waals surface area contributed by atoms with Crippen molar-refractivity contribution in [2.45, 2.75) is 38.6 Å². The number of hydrogen-bond acceptors (Lipinski definition) is 5. The molecule has 6 nitrogen and oxygen atoms in total. The molecular weight excluding hydrogens is 280 g/mol. The summed E-state index contributed by atoms with van der Waals surface area (Å²) in [6, 6.07) is 0.162. The van der Waals surface area contributed by atoms with Crippen molar-refractivity contribution in [1.29, 1.82) is 0 Å². The first-order valence-electron chi connectivity index (χ1n) is 6.56. The summed E-state index contributed by atoms with van der Waals surface area (Å²) in [5.41, 5.74) is 5.58. The van der Waals surface area contributed by atoms with Crippen molar-refractivity contribution in [3.8, 4) is 0 Å². The molecule has 1 amide bonds. The van der Waals surface area contributed by atoms with Gasteiger partial charge < -0.3 is 11.1 Å². The van der Waals surface area contributed by atoms with E-state index in [0.29, 0.717) is 17.9 Å². The van der Waals surface area contributed by atoms with Gasteiger partial charge in [-0.15, -0.1) is 0 Å². The van der Waals surface area contributed by atoms with Gasteiger partial charge in [0, 0.05) is 12.0 Å². The normalized spacial score (nSPS) is 22.3. The average molecular weight is 297 g/mol. The first kappa shape index (κ1) is 14.7. The van der Waals surface area contributed by atoms with Crippen molar-refractivity contribution in [3.63, 3.8) is 0 Å². The number of nitrogens with one attached hydrogen (secondary N) is 1. The van der Waals surface area contributed by atoms with Gasteiger partial charge in [-0.25, -0.2) is 9.97 Å². The van der Waals surface area contributed by atoms with Crippen molar-refractivity contribution >= 4 is 29.6 Å². The van der Waals surface area contributed by atoms with E-state index in [-0.39, 0.29) is 28.6 Å². The Morgan fingerprint density at radius 1 is 1.35 bits per heavy atom. The van der Waals surface area contributed by atoms with Gasteiger partial charge in [-0.05, 0) is 32.6 Å². The summed E-state index contributed by atoms with van der Waals surface area (Å²) in [6.07, 6.45) is 3.78. The molecule has 0 saturated heterocycles. The number of aldehydes is 1. The number of aryl methyl sites for hydroxylation is 1. The third-order valence-corrected chi connectivity index (χ3v) is 3.89. The third kappa shape index (κ3) is 3.25. The monoisotopic (exact) mass is 296 g/mol. The van der Waals surface area contributed by atoms with Gasteiger partial charge in [0.25, 0.3) is 0 Å². The van der Waals surface area contributed by atoms with E-state index in [1.54, 1.807) is 6.92 Å². The molecular formula is C13H17ClN4O2. The van der Waals surface area contributed by atoms with Gasteiger partial charge in [0.1, 0.15) is 16.8 Å². The highest BCUT2D eigenvalue weighted by molar-refractivity contribution is 6.32. The zero-order valence-corrected chi connectivity index (χ0v) is 12.0. The fourth-order valence-electron chi connectivity index (χ4n) is 2.48. The zero-order chi connectivity index (χ0) is 14.7. The van der Waals surface area contributed by atoms with E-state index in [0.717, 1.165) is 25.7 Å². The maximum absolute atomic E-state index is 11.1. The van der Waals surface area contributed by atoms with Gasteiger partial charge in [0.15, 0.2) is 6.29 Å². The lowest BCUT2D eigenvalue weighted by atomic mass is 9.85. The number of anilines is 1. The summed E-state index contributed by atoms with van der Waals surface area (Å²) in [5, 5.41) is 3.38. The number of amides is 1. The summed E-state index contributed by atoms with van der Waals surface area (Å²) in [5.74, 6) is 0.682. The van der Waals surface area contributed by atoms with Crippen LogP contribution in [0.3, 0.4) is 0 Å². The second-order valence-corrected chi connectivity index (χ2v) is 5.40. The van der Waals surface area contributed by atoms with Crippen LogP contribution in [0.15, 0.2) is 0 Å². The summed E-state index contributed by atoms with van der Waals surface area (Å²) < 4.78 is 0. The number of nitrogens with two attached hydrogens (primary N) is 1. The van der Waals surface area contributed by atoms with E-state index in [1.807, 2.05) is 0 Å². The predicted molar refractivity (Wildman–Crippen MR) is 75.7 cm³/mol. The van der Waals surface area contributed by atoms with Crippen LogP contribution < -0.4 is 11.1 Å². The van der Waals surface area contributed by atoms with E-state index in [4.69, 9.17) is 17.3 Å². The van der Waals surface area contributed by atoms with Crippen LogP contribution in [-0.4, -0.2) is 28.2 Å². The maximum atomic E-state index is 11.1. The summed E-state index contributed by atoms with van der Waals surface area (Å²) in [7, 11) is 0. The second kappa shape index (κ2) is 6.17. The minimum atomic E-state index is -0.238. The van der Waals surface area contributed by atoms with E-state index in [1.165, 1.54) is 0 Å². The second-order valence-electron chi connectivity index (χ2n) is 5.04. The number of halogens is 1. The van der Waals surface area contributed by atoms with Gasteiger partial charge in [-0.2, -0.15) is 0 Å². The molecule has 1 heterocycles. The third-order valence-electron chi connectivity index (χ3n) is 3.60. The molecule has 0 aromatic carbocycles. The highest BCUT2D eigenvalue weighted by Gasteiger charge is 2.25. The molecule has 108 valence electrons. The summed E-state index contributed by atoms with van der Waals surface area (Å²) in [4.78, 5) is 30.4. The number of carbonyl (C=O) groups excluding carboxylic acids is 2. The molecule has 20 heavy (non-hydrogen) atoms. The Labute approximate surface area is 122 Å². The summed E-state index contributed by atoms with van der Waals surface area (Å²) >= 11 is 5.93. The molecule has 0 unspecified atom stereocenters. The molecule has 0 atom stereocenters. The van der Waals surface area contributed by atoms with Gasteiger partial charge in [-0.1, -0.05) is 11.6 Å². The molecule has 1 aromatic rings. The van der Waals surface area contributed by atoms with Crippen LogP contribution in [0.4, 0.5) is 5.82 Å². The van der Waals surface area contributed by atoms with Crippen molar-refractivity contribution < 1.29 is 9.59 Å². The Balaban J connectivity index is 2.08. The van der Waals surface area contributed by atoms with Crippen LogP contribution in [0.2, 0.25) is 5.15 Å². The SMILES string of the molecule is Cc1nc(Cl)c(C=O)c(NC2CCC(C(N)=O)CC2)n1. The Bertz CT molecular complexity index is 527. The first-order valence-corrected chi connectivity index (χ1v) is 6.94. The maximum Gasteiger partial charge on any atom is 0.220 e. The highest BCUT2D eigenvalue weighted by atomic mass is 35.5. The van der Waals surface area contributed by atoms with Crippen molar-refractivity contribution in [2.24, 2.45) is 11.7 Å². The molecule has 1 aliphatic rings. The Morgan fingerprint density at radius 2 is 2.00 bits per heavy atom. The van der Waals surface area contributed by atoms with Crippen LogP contribution in [-0.2, 0) is 4.79 Å². The largest absolute Gasteiger partial charge is 0.369 e. The highest BCUT2D eigenvalue weighted by Crippen LogP contribution is 2.27. The van der Waals surface area contributed by atoms with Crippen molar-refractivity contribution in [2.75, 3.05) is 5.32 Å². The van der Waals surface area contributed by atoms with Crippen LogP contribution in [0.25, 0.3) is 0 Å². The number of aromatic nitrogens is 2. The van der Waals surface area contributed by atoms with E-state index < -0.39 is 0 Å². The Hall–Kier alpha value is -1.69. The standard InChI is InChI=1S/C13H17ClN4O2/c1-7-16-11(14)10(6-19)13(17-7)18-9-4-2-8(3-5-9)12(15)20/h6,8-9H,2-5H2,1H3,(H2,15,20)(H,16,17,18). The topological polar surface area (TPSA) is 98.0 Å². The lowest BCUT2D eigenvalue weighted by Gasteiger charge is -2.28. The summed E-state index contributed by atoms with van der Waals surface area (Å²) in [6.45, 7) is 1.72. The lowest BCUT2D eigenvalue weighted by molar-refractivity contribution is -0.122. The molecule has 1 aliphatic carbocycles. The van der Waals surface area contributed by atoms with Gasteiger partial charge >= 0.3 is 0 Å². The smallest absolute Gasteiger partial charge is 0.220 e. The van der Waals surface area contributed by atoms with Crippen LogP contribution in [0.1, 0.15) is 41.9 Å². The molecule has 1 fully saturated rings. The molecule has 1 saturated carbocycles. The fraction of sp³-hybridized carbons (Fsp3) is 0.538. The minimum Gasteiger partial charge on any atom is -0.369 e. The Kier molecular flexibility index (Phi) is 4.54. The molecule has 0 spiro atoms. The quantitative estimate of drug-likeness (QED) is 0.651. The molecule has 0 radical (unpaired) electrons. The number of carbonyl (C=O) groups is 2. The van der Waals surface area contributed by atoms with E-state index in [9.17, 15) is 9.59 Å². The lowest BCUT2D eigenvalue weighted by Crippen LogP contribution is -2.33. The van der Waals surface area contributed by atoms with Crippen molar-refractivity contribution in [1.82, 2.24) is 9.97 Å². The van der Waals surface area contributed by atoms with Crippen molar-refractivity contribution in [3.05, 3.63) is 16.5 Å². The average Bonchev–Trinajstić information content (AvgIpc) is 2.39. The molecule has 0 bridgehead atoms. The molecule has 0 aliphatic heterocycles. The predicted octanol–water partition coefficient (Wildman–Crippen LogP) is 1.71. The fourth-order valence-corrected chi connectivity index (χ4v) is 2.73. The van der Waals surface area contributed by atoms with E-state index in [2.05, 4.69) is 15.3 Å². The molecule has 3 N–H and O–H groups in total. The Morgan fingerprint density at radius 3 is 2.55 bits per heavy atom. The van der Waals surface area contributed by atoms with Crippen LogP contribution in [0.5, 0.6) is 0 Å². The molecule has 1 aromatic heterocycles. The zero-order valence-electron chi connectivity index (χ0n) is 11.2. The molecule has 2 rings (SSSR count). The number of rotatable bonds is 4. The van der Waals surface area contributed by atoms with Crippen LogP contribution >= 0.6 is 11.6 Å². The van der Waals surface area contributed by atoms with E-state index >= 15 is 0 Å². The first-order chi connectivity index (χ1) is 9.51. The van der Waals surface area contributed by atoms with Gasteiger partial charge in [0.2, 0.25) is 5.91 Å². The number of primary amides is 1.